The Morgan fingerprint density at radius 2 is 2.05 bits per heavy atom. The third-order valence-corrected chi connectivity index (χ3v) is 3.96. The lowest BCUT2D eigenvalue weighted by Gasteiger charge is -2.07. The van der Waals surface area contributed by atoms with Crippen molar-refractivity contribution in [3.05, 3.63) is 28.8 Å². The Morgan fingerprint density at radius 3 is 2.58 bits per heavy atom. The maximum atomic E-state index is 11.8. The second kappa shape index (κ2) is 6.88. The first kappa shape index (κ1) is 15.9. The number of primary sulfonamides is 1. The lowest BCUT2D eigenvalue weighted by atomic mass is 10.2. The van der Waals surface area contributed by atoms with Crippen molar-refractivity contribution in [2.75, 3.05) is 6.54 Å². The molecule has 19 heavy (non-hydrogen) atoms. The Balaban J connectivity index is 2.75. The Hall–Kier alpha value is -1.11. The highest BCUT2D eigenvalue weighted by molar-refractivity contribution is 7.89. The highest BCUT2D eigenvalue weighted by Gasteiger charge is 2.15. The van der Waals surface area contributed by atoms with Gasteiger partial charge in [-0.15, -0.1) is 0 Å². The molecule has 3 N–H and O–H groups in total. The standard InChI is InChI=1S/C12H17ClN2O3S/c1-2-3-4-7-15-12(16)9-5-6-11(10(13)8-9)19(14,17)18/h5-6,8H,2-4,7H2,1H3,(H,15,16)(H2,14,17,18). The fourth-order valence-electron chi connectivity index (χ4n) is 1.55. The van der Waals surface area contributed by atoms with Crippen LogP contribution < -0.4 is 10.5 Å². The van der Waals surface area contributed by atoms with E-state index in [0.29, 0.717) is 12.1 Å². The molecule has 1 aromatic rings. The number of sulfonamides is 1. The Kier molecular flexibility index (Phi) is 5.78. The summed E-state index contributed by atoms with van der Waals surface area (Å²) in [6.45, 7) is 2.66. The summed E-state index contributed by atoms with van der Waals surface area (Å²) in [7, 11) is -3.86. The molecular formula is C12H17ClN2O3S. The maximum Gasteiger partial charge on any atom is 0.251 e. The van der Waals surface area contributed by atoms with Gasteiger partial charge < -0.3 is 5.32 Å². The molecule has 106 valence electrons. The van der Waals surface area contributed by atoms with Crippen LogP contribution in [0.2, 0.25) is 5.02 Å². The second-order valence-electron chi connectivity index (χ2n) is 4.15. The Morgan fingerprint density at radius 1 is 1.37 bits per heavy atom. The lowest BCUT2D eigenvalue weighted by molar-refractivity contribution is 0.0953. The number of amides is 1. The van der Waals surface area contributed by atoms with Crippen molar-refractivity contribution in [1.29, 1.82) is 0 Å². The van der Waals surface area contributed by atoms with Crippen LogP contribution in [-0.4, -0.2) is 20.9 Å². The quantitative estimate of drug-likeness (QED) is 0.787. The number of nitrogens with one attached hydrogen (secondary N) is 1. The maximum absolute atomic E-state index is 11.8. The summed E-state index contributed by atoms with van der Waals surface area (Å²) in [6.07, 6.45) is 3.03. The Bertz CT molecular complexity index is 558. The van der Waals surface area contributed by atoms with Gasteiger partial charge in [0.25, 0.3) is 5.91 Å². The van der Waals surface area contributed by atoms with Gasteiger partial charge in [0, 0.05) is 12.1 Å². The number of benzene rings is 1. The lowest BCUT2D eigenvalue weighted by Crippen LogP contribution is -2.24. The molecule has 1 amide bonds. The summed E-state index contributed by atoms with van der Waals surface area (Å²) >= 11 is 5.80. The van der Waals surface area contributed by atoms with E-state index in [-0.39, 0.29) is 15.8 Å². The van der Waals surface area contributed by atoms with Gasteiger partial charge in [0.2, 0.25) is 10.0 Å². The molecule has 7 heteroatoms. The van der Waals surface area contributed by atoms with Crippen molar-refractivity contribution < 1.29 is 13.2 Å². The van der Waals surface area contributed by atoms with Crippen LogP contribution in [-0.2, 0) is 10.0 Å². The van der Waals surface area contributed by atoms with E-state index in [1.165, 1.54) is 18.2 Å². The van der Waals surface area contributed by atoms with E-state index in [2.05, 4.69) is 12.2 Å². The third-order valence-electron chi connectivity index (χ3n) is 2.57. The molecule has 0 radical (unpaired) electrons. The van der Waals surface area contributed by atoms with Crippen molar-refractivity contribution in [3.8, 4) is 0 Å². The number of unbranched alkanes of at least 4 members (excludes halogenated alkanes) is 2. The summed E-state index contributed by atoms with van der Waals surface area (Å²) < 4.78 is 22.3. The monoisotopic (exact) mass is 304 g/mol. The number of hydrogen-bond donors (Lipinski definition) is 2. The number of carbonyl (C=O) groups is 1. The molecule has 0 saturated heterocycles. The van der Waals surface area contributed by atoms with Crippen molar-refractivity contribution in [2.24, 2.45) is 5.14 Å². The van der Waals surface area contributed by atoms with E-state index in [1.807, 2.05) is 0 Å². The first-order chi connectivity index (χ1) is 8.86. The normalized spacial score (nSPS) is 11.3. The SMILES string of the molecule is CCCCCNC(=O)c1ccc(S(N)(=O)=O)c(Cl)c1. The molecule has 0 fully saturated rings. The van der Waals surface area contributed by atoms with Gasteiger partial charge >= 0.3 is 0 Å². The minimum absolute atomic E-state index is 0.0521. The van der Waals surface area contributed by atoms with E-state index in [9.17, 15) is 13.2 Å². The molecule has 1 rings (SSSR count). The van der Waals surface area contributed by atoms with Gasteiger partial charge in [-0.05, 0) is 24.6 Å². The zero-order chi connectivity index (χ0) is 14.5. The number of carbonyl (C=O) groups excluding carboxylic acids is 1. The van der Waals surface area contributed by atoms with Crippen LogP contribution in [0.1, 0.15) is 36.5 Å². The molecule has 0 aromatic heterocycles. The molecule has 0 unspecified atom stereocenters. The van der Waals surface area contributed by atoms with Gasteiger partial charge in [0.1, 0.15) is 4.90 Å². The van der Waals surface area contributed by atoms with Crippen LogP contribution in [0.3, 0.4) is 0 Å². The van der Waals surface area contributed by atoms with E-state index in [4.69, 9.17) is 16.7 Å². The minimum atomic E-state index is -3.86. The van der Waals surface area contributed by atoms with Gasteiger partial charge in [-0.1, -0.05) is 31.4 Å². The van der Waals surface area contributed by atoms with Crippen LogP contribution in [0.4, 0.5) is 0 Å². The first-order valence-corrected chi connectivity index (χ1v) is 7.89. The topological polar surface area (TPSA) is 89.3 Å². The van der Waals surface area contributed by atoms with Crippen LogP contribution in [0.25, 0.3) is 0 Å². The van der Waals surface area contributed by atoms with Gasteiger partial charge in [-0.2, -0.15) is 0 Å². The first-order valence-electron chi connectivity index (χ1n) is 5.96. The molecule has 0 aliphatic heterocycles. The largest absolute Gasteiger partial charge is 0.352 e. The Labute approximate surface area is 118 Å². The zero-order valence-electron chi connectivity index (χ0n) is 10.6. The summed E-state index contributed by atoms with van der Waals surface area (Å²) in [5, 5.41) is 7.67. The summed E-state index contributed by atoms with van der Waals surface area (Å²) in [5.41, 5.74) is 0.314. The number of halogens is 1. The zero-order valence-corrected chi connectivity index (χ0v) is 12.2. The number of nitrogens with two attached hydrogens (primary N) is 1. The van der Waals surface area contributed by atoms with Crippen LogP contribution in [0.15, 0.2) is 23.1 Å². The van der Waals surface area contributed by atoms with E-state index >= 15 is 0 Å². The molecule has 0 aliphatic carbocycles. The van der Waals surface area contributed by atoms with Gasteiger partial charge in [0.05, 0.1) is 5.02 Å². The van der Waals surface area contributed by atoms with Crippen molar-refractivity contribution in [2.45, 2.75) is 31.1 Å². The van der Waals surface area contributed by atoms with Crippen molar-refractivity contribution in [3.63, 3.8) is 0 Å². The fourth-order valence-corrected chi connectivity index (χ4v) is 2.64. The fraction of sp³-hybridized carbons (Fsp3) is 0.417. The van der Waals surface area contributed by atoms with Gasteiger partial charge in [-0.25, -0.2) is 13.6 Å². The van der Waals surface area contributed by atoms with E-state index < -0.39 is 10.0 Å². The second-order valence-corrected chi connectivity index (χ2v) is 6.09. The highest BCUT2D eigenvalue weighted by atomic mass is 35.5. The molecule has 0 spiro atoms. The molecule has 0 atom stereocenters. The van der Waals surface area contributed by atoms with E-state index in [0.717, 1.165) is 19.3 Å². The molecule has 0 heterocycles. The molecule has 0 saturated carbocycles. The third kappa shape index (κ3) is 4.81. The summed E-state index contributed by atoms with van der Waals surface area (Å²) in [5.74, 6) is -0.279. The van der Waals surface area contributed by atoms with Crippen LogP contribution in [0.5, 0.6) is 0 Å². The number of rotatable bonds is 6. The molecule has 5 nitrogen and oxygen atoms in total. The average Bonchev–Trinajstić information content (AvgIpc) is 2.32. The van der Waals surface area contributed by atoms with Crippen LogP contribution in [0, 0.1) is 0 Å². The predicted molar refractivity (Wildman–Crippen MR) is 74.7 cm³/mol. The van der Waals surface area contributed by atoms with Crippen molar-refractivity contribution in [1.82, 2.24) is 5.32 Å². The molecule has 1 aromatic carbocycles. The molecular weight excluding hydrogens is 288 g/mol. The average molecular weight is 305 g/mol. The summed E-state index contributed by atoms with van der Waals surface area (Å²) in [4.78, 5) is 11.6. The smallest absolute Gasteiger partial charge is 0.251 e. The molecule has 0 bridgehead atoms. The molecule has 0 aliphatic rings. The van der Waals surface area contributed by atoms with Gasteiger partial charge in [0.15, 0.2) is 0 Å². The predicted octanol–water partition coefficient (Wildman–Crippen LogP) is 1.91. The van der Waals surface area contributed by atoms with E-state index in [1.54, 1.807) is 0 Å². The highest BCUT2D eigenvalue weighted by Crippen LogP contribution is 2.21. The number of hydrogen-bond acceptors (Lipinski definition) is 3. The van der Waals surface area contributed by atoms with Gasteiger partial charge in [-0.3, -0.25) is 4.79 Å². The minimum Gasteiger partial charge on any atom is -0.352 e. The summed E-state index contributed by atoms with van der Waals surface area (Å²) in [6, 6.07) is 3.93. The van der Waals surface area contributed by atoms with Crippen LogP contribution >= 0.6 is 11.6 Å². The van der Waals surface area contributed by atoms with Crippen molar-refractivity contribution >= 4 is 27.5 Å².